The number of ether oxygens (including phenoxy) is 1. The van der Waals surface area contributed by atoms with Crippen LogP contribution in [0, 0.1) is 5.92 Å². The zero-order valence-electron chi connectivity index (χ0n) is 13.6. The van der Waals surface area contributed by atoms with Crippen LogP contribution in [0.4, 0.5) is 0 Å². The molecule has 1 aliphatic rings. The standard InChI is InChI=1S/C19H18N4O2/c20-19(24)15-11-14-3-1-2-4-17(14)25-18(15)16-7-10-23(22-16)12-13-5-8-21-9-6-13/h1-10,15,18H,11-12H2,(H2,20,24). The van der Waals surface area contributed by atoms with E-state index in [9.17, 15) is 4.79 Å². The predicted octanol–water partition coefficient (Wildman–Crippen LogP) is 2.10. The Morgan fingerprint density at radius 2 is 2.00 bits per heavy atom. The van der Waals surface area contributed by atoms with E-state index in [2.05, 4.69) is 10.1 Å². The van der Waals surface area contributed by atoms with Crippen molar-refractivity contribution in [2.45, 2.75) is 19.1 Å². The summed E-state index contributed by atoms with van der Waals surface area (Å²) in [6.45, 7) is 0.632. The van der Waals surface area contributed by atoms with Gasteiger partial charge in [0.25, 0.3) is 0 Å². The molecule has 0 saturated carbocycles. The van der Waals surface area contributed by atoms with Crippen molar-refractivity contribution in [3.8, 4) is 5.75 Å². The molecule has 0 saturated heterocycles. The molecule has 2 N–H and O–H groups in total. The maximum absolute atomic E-state index is 11.9. The molecule has 0 aliphatic carbocycles. The van der Waals surface area contributed by atoms with Crippen LogP contribution in [0.3, 0.4) is 0 Å². The topological polar surface area (TPSA) is 83.0 Å². The largest absolute Gasteiger partial charge is 0.483 e. The van der Waals surface area contributed by atoms with Gasteiger partial charge < -0.3 is 10.5 Å². The maximum atomic E-state index is 11.9. The number of carbonyl (C=O) groups is 1. The number of amides is 1. The third kappa shape index (κ3) is 3.10. The van der Waals surface area contributed by atoms with Gasteiger partial charge in [-0.05, 0) is 41.8 Å². The Balaban J connectivity index is 1.61. The Labute approximate surface area is 145 Å². The monoisotopic (exact) mass is 334 g/mol. The number of rotatable bonds is 4. The molecule has 3 heterocycles. The molecular formula is C19H18N4O2. The third-order valence-corrected chi connectivity index (χ3v) is 4.44. The molecule has 0 fully saturated rings. The fourth-order valence-electron chi connectivity index (χ4n) is 3.16. The summed E-state index contributed by atoms with van der Waals surface area (Å²) < 4.78 is 7.89. The van der Waals surface area contributed by atoms with Gasteiger partial charge in [0.05, 0.1) is 12.5 Å². The number of primary amides is 1. The molecule has 1 aliphatic heterocycles. The normalized spacial score (nSPS) is 19.0. The van der Waals surface area contributed by atoms with Gasteiger partial charge in [-0.2, -0.15) is 5.10 Å². The van der Waals surface area contributed by atoms with Gasteiger partial charge in [0.1, 0.15) is 11.4 Å². The molecule has 3 aromatic rings. The molecule has 6 nitrogen and oxygen atoms in total. The molecule has 4 rings (SSSR count). The minimum absolute atomic E-state index is 0.372. The van der Waals surface area contributed by atoms with Gasteiger partial charge in [0.2, 0.25) is 5.91 Å². The van der Waals surface area contributed by atoms with E-state index >= 15 is 0 Å². The number of nitrogens with two attached hydrogens (primary N) is 1. The molecule has 1 amide bonds. The summed E-state index contributed by atoms with van der Waals surface area (Å²) in [5.74, 6) is -0.0176. The second-order valence-corrected chi connectivity index (χ2v) is 6.15. The van der Waals surface area contributed by atoms with Gasteiger partial charge in [0.15, 0.2) is 6.10 Å². The number of carbonyl (C=O) groups excluding carboxylic acids is 1. The first-order valence-corrected chi connectivity index (χ1v) is 8.17. The second-order valence-electron chi connectivity index (χ2n) is 6.15. The number of fused-ring (bicyclic) bond motifs is 1. The highest BCUT2D eigenvalue weighted by Gasteiger charge is 2.36. The van der Waals surface area contributed by atoms with E-state index < -0.39 is 12.0 Å². The molecule has 6 heteroatoms. The summed E-state index contributed by atoms with van der Waals surface area (Å²) in [5, 5.41) is 4.60. The van der Waals surface area contributed by atoms with Crippen molar-refractivity contribution in [3.63, 3.8) is 0 Å². The summed E-state index contributed by atoms with van der Waals surface area (Å²) in [4.78, 5) is 16.0. The third-order valence-electron chi connectivity index (χ3n) is 4.44. The summed E-state index contributed by atoms with van der Waals surface area (Å²) in [7, 11) is 0. The van der Waals surface area contributed by atoms with Crippen molar-refractivity contribution in [3.05, 3.63) is 77.9 Å². The highest BCUT2D eigenvalue weighted by molar-refractivity contribution is 5.78. The molecule has 2 unspecified atom stereocenters. The molecule has 2 aromatic heterocycles. The zero-order chi connectivity index (χ0) is 17.2. The minimum atomic E-state index is -0.467. The van der Waals surface area contributed by atoms with Crippen molar-refractivity contribution in [2.24, 2.45) is 11.7 Å². The molecule has 2 atom stereocenters. The van der Waals surface area contributed by atoms with Crippen LogP contribution in [0.25, 0.3) is 0 Å². The number of benzene rings is 1. The van der Waals surface area contributed by atoms with Crippen molar-refractivity contribution in [2.75, 3.05) is 0 Å². The smallest absolute Gasteiger partial charge is 0.225 e. The number of para-hydroxylation sites is 1. The summed E-state index contributed by atoms with van der Waals surface area (Å²) in [6.07, 6.45) is 5.49. The highest BCUT2D eigenvalue weighted by Crippen LogP contribution is 2.37. The molecule has 126 valence electrons. The van der Waals surface area contributed by atoms with Crippen LogP contribution in [0.15, 0.2) is 61.1 Å². The fraction of sp³-hybridized carbons (Fsp3) is 0.211. The van der Waals surface area contributed by atoms with E-state index in [0.717, 1.165) is 16.9 Å². The number of nitrogens with zero attached hydrogens (tertiary/aromatic N) is 3. The van der Waals surface area contributed by atoms with E-state index in [1.807, 2.05) is 53.3 Å². The first-order valence-electron chi connectivity index (χ1n) is 8.17. The van der Waals surface area contributed by atoms with Crippen molar-refractivity contribution < 1.29 is 9.53 Å². The Morgan fingerprint density at radius 1 is 1.20 bits per heavy atom. The van der Waals surface area contributed by atoms with Crippen molar-refractivity contribution in [1.82, 2.24) is 14.8 Å². The van der Waals surface area contributed by atoms with Crippen LogP contribution in [-0.2, 0) is 17.8 Å². The van der Waals surface area contributed by atoms with Gasteiger partial charge in [-0.1, -0.05) is 18.2 Å². The lowest BCUT2D eigenvalue weighted by Gasteiger charge is -2.30. The fourth-order valence-corrected chi connectivity index (χ4v) is 3.16. The molecular weight excluding hydrogens is 316 g/mol. The minimum Gasteiger partial charge on any atom is -0.483 e. The Kier molecular flexibility index (Phi) is 3.93. The lowest BCUT2D eigenvalue weighted by Crippen LogP contribution is -2.36. The van der Waals surface area contributed by atoms with Gasteiger partial charge in [-0.25, -0.2) is 0 Å². The molecule has 25 heavy (non-hydrogen) atoms. The Bertz CT molecular complexity index is 891. The lowest BCUT2D eigenvalue weighted by molar-refractivity contribution is -0.125. The summed E-state index contributed by atoms with van der Waals surface area (Å²) in [5.41, 5.74) is 8.44. The van der Waals surface area contributed by atoms with Crippen molar-refractivity contribution >= 4 is 5.91 Å². The van der Waals surface area contributed by atoms with Crippen LogP contribution >= 0.6 is 0 Å². The Morgan fingerprint density at radius 3 is 2.80 bits per heavy atom. The maximum Gasteiger partial charge on any atom is 0.225 e. The highest BCUT2D eigenvalue weighted by atomic mass is 16.5. The zero-order valence-corrected chi connectivity index (χ0v) is 13.6. The molecule has 0 spiro atoms. The first-order chi connectivity index (χ1) is 12.2. The van der Waals surface area contributed by atoms with Crippen LogP contribution in [-0.4, -0.2) is 20.7 Å². The SMILES string of the molecule is NC(=O)C1Cc2ccccc2OC1c1ccn(Cc2ccncc2)n1. The van der Waals surface area contributed by atoms with Crippen LogP contribution in [0.5, 0.6) is 5.75 Å². The number of hydrogen-bond acceptors (Lipinski definition) is 4. The predicted molar refractivity (Wildman–Crippen MR) is 91.8 cm³/mol. The Hall–Kier alpha value is -3.15. The van der Waals surface area contributed by atoms with E-state index in [1.165, 1.54) is 0 Å². The second kappa shape index (κ2) is 6.39. The van der Waals surface area contributed by atoms with Crippen LogP contribution in [0.2, 0.25) is 0 Å². The van der Waals surface area contributed by atoms with Crippen LogP contribution < -0.4 is 10.5 Å². The average Bonchev–Trinajstić information content (AvgIpc) is 3.09. The quantitative estimate of drug-likeness (QED) is 0.792. The van der Waals surface area contributed by atoms with E-state index in [0.29, 0.717) is 18.7 Å². The summed E-state index contributed by atoms with van der Waals surface area (Å²) >= 11 is 0. The molecule has 0 radical (unpaired) electrons. The van der Waals surface area contributed by atoms with E-state index in [-0.39, 0.29) is 5.91 Å². The average molecular weight is 334 g/mol. The van der Waals surface area contributed by atoms with Gasteiger partial charge in [-0.15, -0.1) is 0 Å². The van der Waals surface area contributed by atoms with Gasteiger partial charge >= 0.3 is 0 Å². The molecule has 1 aromatic carbocycles. The van der Waals surface area contributed by atoms with E-state index in [4.69, 9.17) is 10.5 Å². The van der Waals surface area contributed by atoms with E-state index in [1.54, 1.807) is 12.4 Å². The lowest BCUT2D eigenvalue weighted by atomic mass is 9.88. The number of pyridine rings is 1. The first kappa shape index (κ1) is 15.4. The number of aromatic nitrogens is 3. The summed E-state index contributed by atoms with van der Waals surface area (Å²) in [6, 6.07) is 13.5. The number of hydrogen-bond donors (Lipinski definition) is 1. The van der Waals surface area contributed by atoms with Crippen molar-refractivity contribution in [1.29, 1.82) is 0 Å². The molecule has 0 bridgehead atoms. The van der Waals surface area contributed by atoms with Gasteiger partial charge in [-0.3, -0.25) is 14.5 Å². The van der Waals surface area contributed by atoms with Gasteiger partial charge in [0, 0.05) is 18.6 Å². The van der Waals surface area contributed by atoms with Crippen LogP contribution in [0.1, 0.15) is 22.9 Å².